The minimum atomic E-state index is -0.891. The summed E-state index contributed by atoms with van der Waals surface area (Å²) in [6.45, 7) is 7.06. The molecule has 0 unspecified atom stereocenters. The molecule has 0 aliphatic heterocycles. The van der Waals surface area contributed by atoms with Gasteiger partial charge < -0.3 is 0 Å². The van der Waals surface area contributed by atoms with Crippen molar-refractivity contribution in [3.63, 3.8) is 0 Å². The first kappa shape index (κ1) is 9.18. The van der Waals surface area contributed by atoms with Gasteiger partial charge in [0.1, 0.15) is 0 Å². The van der Waals surface area contributed by atoms with Gasteiger partial charge >= 0.3 is 0 Å². The summed E-state index contributed by atoms with van der Waals surface area (Å²) < 4.78 is 0.718. The number of hydrogen-bond acceptors (Lipinski definition) is 0. The van der Waals surface area contributed by atoms with E-state index in [4.69, 9.17) is 0 Å². The van der Waals surface area contributed by atoms with E-state index >= 15 is 0 Å². The van der Waals surface area contributed by atoms with Crippen LogP contribution in [0.15, 0.2) is 0 Å². The Labute approximate surface area is 69.3 Å². The molecular weight excluding hydrogens is 248 g/mol. The highest BCUT2D eigenvalue weighted by molar-refractivity contribution is 9.12. The largest absolute Gasteiger partial charge is 0.0919 e. The van der Waals surface area contributed by atoms with Crippen LogP contribution in [0.1, 0.15) is 0 Å². The molecule has 3 heteroatoms. The Morgan fingerprint density at radius 1 is 1.38 bits per heavy atom. The third-order valence-corrected chi connectivity index (χ3v) is 9.72. The monoisotopic (exact) mass is 258 g/mol. The quantitative estimate of drug-likeness (QED) is 0.528. The lowest BCUT2D eigenvalue weighted by atomic mass is 11.0. The van der Waals surface area contributed by atoms with Gasteiger partial charge in [0, 0.05) is 9.78 Å². The van der Waals surface area contributed by atoms with Crippen LogP contribution in [-0.2, 0) is 0 Å². The van der Waals surface area contributed by atoms with E-state index in [0.717, 1.165) is 9.78 Å². The summed E-state index contributed by atoms with van der Waals surface area (Å²) in [4.78, 5) is 0. The molecule has 0 aromatic carbocycles. The van der Waals surface area contributed by atoms with E-state index in [2.05, 4.69) is 51.5 Å². The maximum atomic E-state index is 3.61. The van der Waals surface area contributed by atoms with Crippen LogP contribution >= 0.6 is 31.9 Å². The van der Waals surface area contributed by atoms with Crippen molar-refractivity contribution in [2.24, 2.45) is 0 Å². The summed E-state index contributed by atoms with van der Waals surface area (Å²) in [5.41, 5.74) is 0. The Bertz CT molecular complexity index is 67.3. The van der Waals surface area contributed by atoms with Gasteiger partial charge in [-0.2, -0.15) is 0 Å². The number of hydrogen-bond donors (Lipinski definition) is 0. The van der Waals surface area contributed by atoms with Gasteiger partial charge in [-0.25, -0.2) is 0 Å². The molecule has 0 rings (SSSR count). The smallest absolute Gasteiger partial charge is 0.0606 e. The molecule has 0 spiro atoms. The van der Waals surface area contributed by atoms with Crippen LogP contribution < -0.4 is 0 Å². The first-order valence-corrected chi connectivity index (χ1v) is 8.30. The molecule has 0 bridgehead atoms. The van der Waals surface area contributed by atoms with Gasteiger partial charge in [-0.1, -0.05) is 51.5 Å². The van der Waals surface area contributed by atoms with Gasteiger partial charge in [-0.15, -0.1) is 0 Å². The van der Waals surface area contributed by atoms with Gasteiger partial charge in [0.15, 0.2) is 0 Å². The predicted octanol–water partition coefficient (Wildman–Crippen LogP) is 3.02. The predicted molar refractivity (Wildman–Crippen MR) is 49.9 cm³/mol. The number of rotatable bonds is 2. The van der Waals surface area contributed by atoms with E-state index in [1.807, 2.05) is 0 Å². The maximum Gasteiger partial charge on any atom is 0.0606 e. The van der Waals surface area contributed by atoms with Crippen LogP contribution in [0.5, 0.6) is 0 Å². The lowest BCUT2D eigenvalue weighted by Crippen LogP contribution is -2.34. The minimum Gasteiger partial charge on any atom is -0.0919 e. The van der Waals surface area contributed by atoms with E-state index < -0.39 is 8.07 Å². The van der Waals surface area contributed by atoms with Crippen molar-refractivity contribution in [3.05, 3.63) is 0 Å². The lowest BCUT2D eigenvalue weighted by molar-refractivity contribution is 1.35. The van der Waals surface area contributed by atoms with E-state index in [0.29, 0.717) is 0 Å². The molecule has 0 heterocycles. The Morgan fingerprint density at radius 3 is 1.75 bits per heavy atom. The molecular formula is C5H12Br2Si. The average Bonchev–Trinajstić information content (AvgIpc) is 1.62. The molecule has 0 fully saturated rings. The molecule has 0 aromatic rings. The van der Waals surface area contributed by atoms with Gasteiger partial charge in [0.05, 0.1) is 8.07 Å². The molecule has 0 radical (unpaired) electrons. The third-order valence-electron chi connectivity index (χ3n) is 1.08. The standard InChI is InChI=1S/C5H12Br2Si/c1-8(2,3)5(7)4-6/h5H,4H2,1-3H3/t5-/m0/s1. The number of alkyl halides is 2. The van der Waals surface area contributed by atoms with E-state index in [1.165, 1.54) is 0 Å². The summed E-state index contributed by atoms with van der Waals surface area (Å²) in [6.07, 6.45) is 0. The van der Waals surface area contributed by atoms with Crippen molar-refractivity contribution in [1.29, 1.82) is 0 Å². The maximum absolute atomic E-state index is 3.61. The Morgan fingerprint density at radius 2 is 1.75 bits per heavy atom. The Kier molecular flexibility index (Phi) is 3.87. The highest BCUT2D eigenvalue weighted by atomic mass is 79.9. The first-order valence-electron chi connectivity index (χ1n) is 2.68. The van der Waals surface area contributed by atoms with Crippen molar-refractivity contribution in [3.8, 4) is 0 Å². The summed E-state index contributed by atoms with van der Waals surface area (Å²) in [6, 6.07) is 0. The molecule has 0 aliphatic carbocycles. The highest BCUT2D eigenvalue weighted by Gasteiger charge is 2.22. The molecule has 50 valence electrons. The van der Waals surface area contributed by atoms with E-state index in [1.54, 1.807) is 0 Å². The topological polar surface area (TPSA) is 0 Å². The zero-order valence-corrected chi connectivity index (χ0v) is 9.71. The van der Waals surface area contributed by atoms with Crippen molar-refractivity contribution < 1.29 is 0 Å². The summed E-state index contributed by atoms with van der Waals surface area (Å²) in [5.74, 6) is 0. The van der Waals surface area contributed by atoms with Crippen LogP contribution in [-0.4, -0.2) is 17.9 Å². The second-order valence-corrected chi connectivity index (χ2v) is 11.0. The molecule has 1 atom stereocenters. The van der Waals surface area contributed by atoms with Gasteiger partial charge in [0.25, 0.3) is 0 Å². The molecule has 0 aromatic heterocycles. The van der Waals surface area contributed by atoms with Crippen LogP contribution in [0.3, 0.4) is 0 Å². The third kappa shape index (κ3) is 3.25. The fraction of sp³-hybridized carbons (Fsp3) is 1.00. The van der Waals surface area contributed by atoms with Crippen LogP contribution in [0.25, 0.3) is 0 Å². The summed E-state index contributed by atoms with van der Waals surface area (Å²) in [5, 5.41) is 1.09. The first-order chi connectivity index (χ1) is 3.48. The van der Waals surface area contributed by atoms with Crippen molar-refractivity contribution in [1.82, 2.24) is 0 Å². The normalized spacial score (nSPS) is 16.1. The second kappa shape index (κ2) is 3.37. The molecule has 8 heavy (non-hydrogen) atoms. The zero-order valence-electron chi connectivity index (χ0n) is 5.54. The highest BCUT2D eigenvalue weighted by Crippen LogP contribution is 2.17. The lowest BCUT2D eigenvalue weighted by Gasteiger charge is -2.20. The van der Waals surface area contributed by atoms with Crippen LogP contribution in [0, 0.1) is 0 Å². The van der Waals surface area contributed by atoms with Gasteiger partial charge in [0.2, 0.25) is 0 Å². The molecule has 0 amide bonds. The van der Waals surface area contributed by atoms with Crippen LogP contribution in [0.4, 0.5) is 0 Å². The van der Waals surface area contributed by atoms with E-state index in [-0.39, 0.29) is 0 Å². The Balaban J connectivity index is 3.62. The molecule has 0 saturated heterocycles. The van der Waals surface area contributed by atoms with Gasteiger partial charge in [-0.3, -0.25) is 0 Å². The minimum absolute atomic E-state index is 0.718. The zero-order chi connectivity index (χ0) is 6.78. The van der Waals surface area contributed by atoms with Crippen molar-refractivity contribution >= 4 is 39.9 Å². The summed E-state index contributed by atoms with van der Waals surface area (Å²) >= 11 is 7.05. The fourth-order valence-corrected chi connectivity index (χ4v) is 3.61. The second-order valence-electron chi connectivity index (χ2n) is 2.99. The van der Waals surface area contributed by atoms with Crippen LogP contribution in [0.2, 0.25) is 19.6 Å². The SMILES string of the molecule is C[Si](C)(C)[C@H](Br)CBr. The van der Waals surface area contributed by atoms with Gasteiger partial charge in [-0.05, 0) is 0 Å². The fourth-order valence-electron chi connectivity index (χ4n) is 0.231. The average molecular weight is 260 g/mol. The molecule has 0 saturated carbocycles. The Hall–Kier alpha value is 1.18. The van der Waals surface area contributed by atoms with Crippen molar-refractivity contribution in [2.45, 2.75) is 24.1 Å². The van der Waals surface area contributed by atoms with E-state index in [9.17, 15) is 0 Å². The molecule has 0 nitrogen and oxygen atoms in total. The molecule has 0 aliphatic rings. The summed E-state index contributed by atoms with van der Waals surface area (Å²) in [7, 11) is -0.891. The number of halogens is 2. The van der Waals surface area contributed by atoms with Crippen molar-refractivity contribution in [2.75, 3.05) is 5.33 Å². The molecule has 0 N–H and O–H groups in total.